The quantitative estimate of drug-likeness (QED) is 0.839. The van der Waals surface area contributed by atoms with Crippen molar-refractivity contribution in [1.29, 1.82) is 0 Å². The number of amides is 1. The zero-order chi connectivity index (χ0) is 15.5. The number of halogens is 2. The summed E-state index contributed by atoms with van der Waals surface area (Å²) in [5.74, 6) is -1.27. The first-order valence-corrected chi connectivity index (χ1v) is 7.47. The zero-order valence-electron chi connectivity index (χ0n) is 12.2. The van der Waals surface area contributed by atoms with Gasteiger partial charge in [-0.25, -0.2) is 8.78 Å². The highest BCUT2D eigenvalue weighted by atomic mass is 19.1. The number of nitrogens with zero attached hydrogens (tertiary/aromatic N) is 1. The van der Waals surface area contributed by atoms with Gasteiger partial charge in [0.15, 0.2) is 0 Å². The van der Waals surface area contributed by atoms with Gasteiger partial charge in [0.1, 0.15) is 11.6 Å². The average Bonchev–Trinajstić information content (AvgIpc) is 2.92. The molecule has 0 bridgehead atoms. The highest BCUT2D eigenvalue weighted by Crippen LogP contribution is 2.31. The van der Waals surface area contributed by atoms with E-state index in [0.717, 1.165) is 18.9 Å². The molecule has 1 aliphatic rings. The molecule has 0 aromatic heterocycles. The van der Waals surface area contributed by atoms with Crippen LogP contribution in [-0.2, 0) is 17.6 Å². The number of fused-ring (bicyclic) bond motifs is 1. The first-order chi connectivity index (χ1) is 10.6. The summed E-state index contributed by atoms with van der Waals surface area (Å²) in [5.41, 5.74) is 2.02. The lowest BCUT2D eigenvalue weighted by molar-refractivity contribution is -0.118. The van der Waals surface area contributed by atoms with Crippen molar-refractivity contribution in [3.05, 3.63) is 65.2 Å². The van der Waals surface area contributed by atoms with Gasteiger partial charge in [-0.05, 0) is 30.9 Å². The van der Waals surface area contributed by atoms with Crippen LogP contribution in [0.4, 0.5) is 14.5 Å². The van der Waals surface area contributed by atoms with E-state index in [-0.39, 0.29) is 5.91 Å². The van der Waals surface area contributed by atoms with Crippen LogP contribution in [0.15, 0.2) is 42.5 Å². The number of anilines is 1. The van der Waals surface area contributed by atoms with Crippen molar-refractivity contribution in [3.8, 4) is 0 Å². The third-order valence-corrected chi connectivity index (χ3v) is 4.01. The predicted molar refractivity (Wildman–Crippen MR) is 81.8 cm³/mol. The minimum absolute atomic E-state index is 0.0697. The van der Waals surface area contributed by atoms with Gasteiger partial charge >= 0.3 is 0 Å². The second-order valence-electron chi connectivity index (χ2n) is 5.52. The van der Waals surface area contributed by atoms with Crippen LogP contribution >= 0.6 is 0 Å². The van der Waals surface area contributed by atoms with E-state index >= 15 is 0 Å². The van der Waals surface area contributed by atoms with Crippen LogP contribution in [-0.4, -0.2) is 12.5 Å². The second kappa shape index (κ2) is 6.26. The van der Waals surface area contributed by atoms with Crippen molar-refractivity contribution < 1.29 is 13.6 Å². The molecule has 0 unspecified atom stereocenters. The maximum Gasteiger partial charge on any atom is 0.227 e. The highest BCUT2D eigenvalue weighted by Gasteiger charge is 2.27. The molecule has 1 amide bonds. The minimum Gasteiger partial charge on any atom is -0.312 e. The number of aryl methyl sites for hydroxylation is 1. The molecule has 0 fully saturated rings. The van der Waals surface area contributed by atoms with E-state index < -0.39 is 11.6 Å². The Morgan fingerprint density at radius 3 is 2.68 bits per heavy atom. The number of rotatable bonds is 4. The lowest BCUT2D eigenvalue weighted by Gasteiger charge is -2.17. The van der Waals surface area contributed by atoms with Crippen LogP contribution in [0.1, 0.15) is 24.0 Å². The van der Waals surface area contributed by atoms with Gasteiger partial charge in [0, 0.05) is 24.6 Å². The Labute approximate surface area is 128 Å². The minimum atomic E-state index is -0.639. The topological polar surface area (TPSA) is 20.3 Å². The standard InChI is InChI=1S/C18H17F2NO/c19-14-11-16(20)15-9-10-21(17(15)12-14)18(22)8-4-7-13-5-2-1-3-6-13/h1-3,5-6,11-12H,4,7-10H2. The highest BCUT2D eigenvalue weighted by molar-refractivity contribution is 5.95. The predicted octanol–water partition coefficient (Wildman–Crippen LogP) is 3.88. The Hall–Kier alpha value is -2.23. The lowest BCUT2D eigenvalue weighted by Crippen LogP contribution is -2.28. The fraction of sp³-hybridized carbons (Fsp3) is 0.278. The van der Waals surface area contributed by atoms with E-state index in [1.807, 2.05) is 30.3 Å². The Kier molecular flexibility index (Phi) is 4.18. The molecule has 22 heavy (non-hydrogen) atoms. The summed E-state index contributed by atoms with van der Waals surface area (Å²) in [7, 11) is 0. The van der Waals surface area contributed by atoms with Crippen molar-refractivity contribution in [2.75, 3.05) is 11.4 Å². The van der Waals surface area contributed by atoms with Crippen molar-refractivity contribution in [3.63, 3.8) is 0 Å². The van der Waals surface area contributed by atoms with Gasteiger partial charge in [0.05, 0.1) is 5.69 Å². The number of hydrogen-bond donors (Lipinski definition) is 0. The Morgan fingerprint density at radius 2 is 1.91 bits per heavy atom. The van der Waals surface area contributed by atoms with E-state index in [0.29, 0.717) is 30.6 Å². The molecule has 0 atom stereocenters. The van der Waals surface area contributed by atoms with Crippen molar-refractivity contribution >= 4 is 11.6 Å². The summed E-state index contributed by atoms with van der Waals surface area (Å²) in [6.45, 7) is 0.430. The molecule has 0 radical (unpaired) electrons. The van der Waals surface area contributed by atoms with E-state index in [1.54, 1.807) is 0 Å². The van der Waals surface area contributed by atoms with E-state index in [9.17, 15) is 13.6 Å². The molecule has 0 N–H and O–H groups in total. The summed E-state index contributed by atoms with van der Waals surface area (Å²) in [6.07, 6.45) is 2.38. The Balaban J connectivity index is 1.63. The number of carbonyl (C=O) groups is 1. The average molecular weight is 301 g/mol. The van der Waals surface area contributed by atoms with Gasteiger partial charge in [-0.2, -0.15) is 0 Å². The molecule has 114 valence electrons. The normalized spacial score (nSPS) is 13.3. The van der Waals surface area contributed by atoms with Gasteiger partial charge in [-0.1, -0.05) is 30.3 Å². The Morgan fingerprint density at radius 1 is 1.14 bits per heavy atom. The molecular weight excluding hydrogens is 284 g/mol. The molecule has 0 saturated heterocycles. The molecule has 0 spiro atoms. The van der Waals surface area contributed by atoms with Gasteiger partial charge in [0.2, 0.25) is 5.91 Å². The zero-order valence-corrected chi connectivity index (χ0v) is 12.2. The smallest absolute Gasteiger partial charge is 0.227 e. The molecule has 4 heteroatoms. The van der Waals surface area contributed by atoms with E-state index in [4.69, 9.17) is 0 Å². The van der Waals surface area contributed by atoms with Crippen LogP contribution in [0.2, 0.25) is 0 Å². The molecular formula is C18H17F2NO. The largest absolute Gasteiger partial charge is 0.312 e. The van der Waals surface area contributed by atoms with Gasteiger partial charge < -0.3 is 4.90 Å². The third kappa shape index (κ3) is 3.01. The molecule has 2 aromatic rings. The summed E-state index contributed by atoms with van der Waals surface area (Å²) in [4.78, 5) is 13.8. The Bertz CT molecular complexity index is 685. The molecule has 0 saturated carbocycles. The van der Waals surface area contributed by atoms with Crippen LogP contribution in [0.5, 0.6) is 0 Å². The summed E-state index contributed by atoms with van der Waals surface area (Å²) in [5, 5.41) is 0. The lowest BCUT2D eigenvalue weighted by atomic mass is 10.1. The summed E-state index contributed by atoms with van der Waals surface area (Å²) in [6, 6.07) is 12.1. The monoisotopic (exact) mass is 301 g/mol. The van der Waals surface area contributed by atoms with Gasteiger partial charge in [-0.15, -0.1) is 0 Å². The van der Waals surface area contributed by atoms with E-state index in [2.05, 4.69) is 0 Å². The van der Waals surface area contributed by atoms with Crippen LogP contribution in [0, 0.1) is 11.6 Å². The molecule has 3 rings (SSSR count). The molecule has 1 aliphatic heterocycles. The van der Waals surface area contributed by atoms with Crippen molar-refractivity contribution in [2.45, 2.75) is 25.7 Å². The second-order valence-corrected chi connectivity index (χ2v) is 5.52. The summed E-state index contributed by atoms with van der Waals surface area (Å²) >= 11 is 0. The fourth-order valence-electron chi connectivity index (χ4n) is 2.90. The maximum atomic E-state index is 13.7. The first kappa shape index (κ1) is 14.7. The van der Waals surface area contributed by atoms with Crippen LogP contribution in [0.3, 0.4) is 0 Å². The van der Waals surface area contributed by atoms with Crippen molar-refractivity contribution in [2.24, 2.45) is 0 Å². The third-order valence-electron chi connectivity index (χ3n) is 4.01. The van der Waals surface area contributed by atoms with Gasteiger partial charge in [0.25, 0.3) is 0 Å². The van der Waals surface area contributed by atoms with Gasteiger partial charge in [-0.3, -0.25) is 4.79 Å². The van der Waals surface area contributed by atoms with Crippen LogP contribution in [0.25, 0.3) is 0 Å². The maximum absolute atomic E-state index is 13.7. The number of benzene rings is 2. The summed E-state index contributed by atoms with van der Waals surface area (Å²) < 4.78 is 27.0. The van der Waals surface area contributed by atoms with E-state index in [1.165, 1.54) is 16.5 Å². The number of hydrogen-bond acceptors (Lipinski definition) is 1. The number of carbonyl (C=O) groups excluding carboxylic acids is 1. The molecule has 0 aliphatic carbocycles. The SMILES string of the molecule is O=C(CCCc1ccccc1)N1CCc2c(F)cc(F)cc21. The molecule has 2 aromatic carbocycles. The first-order valence-electron chi connectivity index (χ1n) is 7.47. The molecule has 2 nitrogen and oxygen atoms in total. The fourth-order valence-corrected chi connectivity index (χ4v) is 2.90. The van der Waals surface area contributed by atoms with Crippen LogP contribution < -0.4 is 4.90 Å². The molecule has 1 heterocycles. The van der Waals surface area contributed by atoms with Crippen molar-refractivity contribution in [1.82, 2.24) is 0 Å².